The number of fused-ring (bicyclic) bond motifs is 4. The molecule has 6 aromatic carbocycles. The maximum Gasteiger partial charge on any atom is 0.494 e. The van der Waals surface area contributed by atoms with Crippen molar-refractivity contribution in [2.24, 2.45) is 0 Å². The van der Waals surface area contributed by atoms with Gasteiger partial charge in [-0.25, -0.2) is 0 Å². The van der Waals surface area contributed by atoms with E-state index in [2.05, 4.69) is 166 Å². The molecule has 3 nitrogen and oxygen atoms in total. The topological polar surface area (TPSA) is 23.4 Å². The second-order valence-electron chi connectivity index (χ2n) is 12.9. The molecule has 0 N–H and O–H groups in total. The molecule has 44 heavy (non-hydrogen) atoms. The van der Waals surface area contributed by atoms with E-state index >= 15 is 0 Å². The summed E-state index contributed by atoms with van der Waals surface area (Å²) in [5.74, 6) is 0. The molecule has 0 amide bonds. The Labute approximate surface area is 258 Å². The van der Waals surface area contributed by atoms with Crippen LogP contribution in [-0.2, 0) is 9.31 Å². The molecule has 1 aliphatic heterocycles. The smallest absolute Gasteiger partial charge is 0.399 e. The van der Waals surface area contributed by atoms with Crippen LogP contribution in [0.1, 0.15) is 27.7 Å². The number of para-hydroxylation sites is 1. The Bertz CT molecular complexity index is 2160. The second kappa shape index (κ2) is 9.95. The highest BCUT2D eigenvalue weighted by Crippen LogP contribution is 2.39. The molecule has 2 heterocycles. The fourth-order valence-electron chi connectivity index (χ4n) is 6.51. The van der Waals surface area contributed by atoms with Crippen LogP contribution in [0.2, 0.25) is 0 Å². The van der Waals surface area contributed by atoms with E-state index in [4.69, 9.17) is 9.31 Å². The van der Waals surface area contributed by atoms with Crippen LogP contribution in [0.3, 0.4) is 0 Å². The molecule has 0 atom stereocenters. The summed E-state index contributed by atoms with van der Waals surface area (Å²) in [6.45, 7) is 8.42. The van der Waals surface area contributed by atoms with Gasteiger partial charge in [0.25, 0.3) is 0 Å². The SMILES string of the molecule is CC1(C)OB(c2cc(-n3c4ccccc4c4cc(-c5ccc(-c6ccccc6)cc5)ccc43)c3ccccc3c2)OC1(C)C. The summed E-state index contributed by atoms with van der Waals surface area (Å²) >= 11 is 0. The van der Waals surface area contributed by atoms with E-state index in [1.807, 2.05) is 0 Å². The lowest BCUT2D eigenvalue weighted by Gasteiger charge is -2.32. The molecule has 0 aliphatic carbocycles. The maximum atomic E-state index is 6.52. The number of hydrogen-bond donors (Lipinski definition) is 0. The van der Waals surface area contributed by atoms with E-state index in [0.29, 0.717) is 0 Å². The number of hydrogen-bond acceptors (Lipinski definition) is 2. The monoisotopic (exact) mass is 571 g/mol. The first-order valence-electron chi connectivity index (χ1n) is 15.4. The van der Waals surface area contributed by atoms with Gasteiger partial charge in [0.15, 0.2) is 0 Å². The van der Waals surface area contributed by atoms with Crippen molar-refractivity contribution in [2.75, 3.05) is 0 Å². The van der Waals surface area contributed by atoms with Crippen LogP contribution in [0.4, 0.5) is 0 Å². The number of aromatic nitrogens is 1. The van der Waals surface area contributed by atoms with E-state index in [9.17, 15) is 0 Å². The van der Waals surface area contributed by atoms with E-state index in [0.717, 1.165) is 16.5 Å². The zero-order valence-corrected chi connectivity index (χ0v) is 25.5. The molecule has 0 saturated carbocycles. The zero-order valence-electron chi connectivity index (χ0n) is 25.5. The Hall–Kier alpha value is -4.64. The Morgan fingerprint density at radius 1 is 0.477 bits per heavy atom. The molecular weight excluding hydrogens is 537 g/mol. The minimum atomic E-state index is -0.443. The van der Waals surface area contributed by atoms with Gasteiger partial charge in [-0.1, -0.05) is 109 Å². The molecule has 0 bridgehead atoms. The molecule has 1 fully saturated rings. The van der Waals surface area contributed by atoms with Gasteiger partial charge in [0, 0.05) is 16.2 Å². The first kappa shape index (κ1) is 27.0. The third-order valence-corrected chi connectivity index (χ3v) is 9.63. The van der Waals surface area contributed by atoms with E-state index in [1.54, 1.807) is 0 Å². The predicted molar refractivity (Wildman–Crippen MR) is 185 cm³/mol. The summed E-state index contributed by atoms with van der Waals surface area (Å²) in [6, 6.07) is 48.1. The van der Waals surface area contributed by atoms with Gasteiger partial charge in [0.2, 0.25) is 0 Å². The van der Waals surface area contributed by atoms with Gasteiger partial charge in [-0.15, -0.1) is 0 Å². The molecular formula is C40H34BNO2. The van der Waals surface area contributed by atoms with Gasteiger partial charge >= 0.3 is 7.12 Å². The Morgan fingerprint density at radius 2 is 1.02 bits per heavy atom. The van der Waals surface area contributed by atoms with Gasteiger partial charge in [-0.3, -0.25) is 0 Å². The highest BCUT2D eigenvalue weighted by atomic mass is 16.7. The largest absolute Gasteiger partial charge is 0.494 e. The third kappa shape index (κ3) is 4.29. The molecule has 1 aromatic heterocycles. The molecule has 214 valence electrons. The average molecular weight is 572 g/mol. The summed E-state index contributed by atoms with van der Waals surface area (Å²) in [5, 5.41) is 4.82. The lowest BCUT2D eigenvalue weighted by molar-refractivity contribution is 0.00578. The Morgan fingerprint density at radius 3 is 1.75 bits per heavy atom. The van der Waals surface area contributed by atoms with Crippen molar-refractivity contribution in [3.05, 3.63) is 133 Å². The quantitative estimate of drug-likeness (QED) is 0.197. The number of rotatable bonds is 4. The van der Waals surface area contributed by atoms with E-state index < -0.39 is 18.3 Å². The third-order valence-electron chi connectivity index (χ3n) is 9.63. The van der Waals surface area contributed by atoms with Crippen LogP contribution in [0, 0.1) is 0 Å². The number of nitrogens with zero attached hydrogens (tertiary/aromatic N) is 1. The molecule has 0 radical (unpaired) electrons. The van der Waals surface area contributed by atoms with Gasteiger partial charge < -0.3 is 13.9 Å². The van der Waals surface area contributed by atoms with Gasteiger partial charge in [-0.2, -0.15) is 0 Å². The van der Waals surface area contributed by atoms with Crippen molar-refractivity contribution in [2.45, 2.75) is 38.9 Å². The minimum Gasteiger partial charge on any atom is -0.399 e. The molecule has 4 heteroatoms. The van der Waals surface area contributed by atoms with Crippen LogP contribution < -0.4 is 5.46 Å². The summed E-state index contributed by atoms with van der Waals surface area (Å²) in [6.07, 6.45) is 0. The molecule has 1 aliphatic rings. The van der Waals surface area contributed by atoms with Gasteiger partial charge in [0.05, 0.1) is 27.9 Å². The van der Waals surface area contributed by atoms with Crippen molar-refractivity contribution >= 4 is 45.2 Å². The summed E-state index contributed by atoms with van der Waals surface area (Å²) in [5.41, 5.74) is 8.54. The van der Waals surface area contributed by atoms with Crippen molar-refractivity contribution in [3.63, 3.8) is 0 Å². The van der Waals surface area contributed by atoms with Gasteiger partial charge in [-0.05, 0) is 85.1 Å². The fraction of sp³-hybridized carbons (Fsp3) is 0.150. The molecule has 7 aromatic rings. The van der Waals surface area contributed by atoms with Gasteiger partial charge in [0.1, 0.15) is 0 Å². The molecule has 1 saturated heterocycles. The van der Waals surface area contributed by atoms with Crippen LogP contribution in [0.25, 0.3) is 60.5 Å². The van der Waals surface area contributed by atoms with Crippen molar-refractivity contribution in [3.8, 4) is 27.9 Å². The van der Waals surface area contributed by atoms with Crippen LogP contribution in [0.15, 0.2) is 133 Å². The summed E-state index contributed by atoms with van der Waals surface area (Å²) < 4.78 is 15.4. The Balaban J connectivity index is 1.30. The second-order valence-corrected chi connectivity index (χ2v) is 12.9. The lowest BCUT2D eigenvalue weighted by atomic mass is 9.77. The van der Waals surface area contributed by atoms with Crippen molar-refractivity contribution in [1.29, 1.82) is 0 Å². The highest BCUT2D eigenvalue weighted by molar-refractivity contribution is 6.62. The fourth-order valence-corrected chi connectivity index (χ4v) is 6.51. The van der Waals surface area contributed by atoms with Crippen molar-refractivity contribution in [1.82, 2.24) is 4.57 Å². The minimum absolute atomic E-state index is 0.411. The van der Waals surface area contributed by atoms with E-state index in [-0.39, 0.29) is 0 Å². The predicted octanol–water partition coefficient (Wildman–Crippen LogP) is 9.57. The molecule has 0 unspecified atom stereocenters. The standard InChI is InChI=1S/C40H34BNO2/c1-39(2)40(3,4)44-41(43-39)32-24-31-14-8-9-15-33(31)38(26-32)42-36-17-11-10-16-34(36)35-25-30(22-23-37(35)42)29-20-18-28(19-21-29)27-12-6-5-7-13-27/h5-26H,1-4H3. The van der Waals surface area contributed by atoms with Crippen molar-refractivity contribution < 1.29 is 9.31 Å². The molecule has 0 spiro atoms. The first-order valence-corrected chi connectivity index (χ1v) is 15.4. The van der Waals surface area contributed by atoms with E-state index in [1.165, 1.54) is 49.4 Å². The summed E-state index contributed by atoms with van der Waals surface area (Å²) in [7, 11) is -0.443. The van der Waals surface area contributed by atoms with Crippen LogP contribution >= 0.6 is 0 Å². The number of benzene rings is 6. The first-order chi connectivity index (χ1) is 21.3. The average Bonchev–Trinajstić information content (AvgIpc) is 3.49. The highest BCUT2D eigenvalue weighted by Gasteiger charge is 2.51. The lowest BCUT2D eigenvalue weighted by Crippen LogP contribution is -2.41. The van der Waals surface area contributed by atoms with Crippen LogP contribution in [0.5, 0.6) is 0 Å². The summed E-state index contributed by atoms with van der Waals surface area (Å²) in [4.78, 5) is 0. The normalized spacial score (nSPS) is 15.9. The zero-order chi connectivity index (χ0) is 30.1. The maximum absolute atomic E-state index is 6.52. The Kier molecular flexibility index (Phi) is 6.10. The molecule has 8 rings (SSSR count). The van der Waals surface area contributed by atoms with Crippen LogP contribution in [-0.4, -0.2) is 22.9 Å².